The van der Waals surface area contributed by atoms with Gasteiger partial charge in [-0.3, -0.25) is 4.79 Å². The maximum Gasteiger partial charge on any atom is 0.341 e. The Morgan fingerprint density at radius 3 is 1.78 bits per heavy atom. The van der Waals surface area contributed by atoms with E-state index in [9.17, 15) is 9.59 Å². The van der Waals surface area contributed by atoms with Crippen molar-refractivity contribution < 1.29 is 19.4 Å². The highest BCUT2D eigenvalue weighted by atomic mass is 35.5. The molecule has 0 aliphatic heterocycles. The maximum absolute atomic E-state index is 10.8. The number of hydrogen-bond donors (Lipinski definition) is 2. The number of ether oxygens (including phenoxy) is 1. The quantitative estimate of drug-likeness (QED) is 0.731. The number of hydrogen-bond acceptors (Lipinski definition) is 3. The van der Waals surface area contributed by atoms with Crippen molar-refractivity contribution in [3.8, 4) is 5.75 Å². The molecule has 1 rings (SSSR count). The summed E-state index contributed by atoms with van der Waals surface area (Å²) in [4.78, 5) is 23.3. The number of aromatic carboxylic acids is 1. The summed E-state index contributed by atoms with van der Waals surface area (Å²) >= 11 is 15.1. The highest BCUT2D eigenvalue weighted by Gasteiger charge is 2.18. The summed E-state index contributed by atoms with van der Waals surface area (Å²) in [7, 11) is 1.34. The van der Waals surface area contributed by atoms with Crippen molar-refractivity contribution in [2.24, 2.45) is 0 Å². The number of carbonyl (C=O) groups excluding carboxylic acids is 1. The first kappa shape index (κ1) is 21.9. The van der Waals surface area contributed by atoms with E-state index in [1.807, 2.05) is 27.7 Å². The number of methoxy groups -OCH3 is 1. The van der Waals surface area contributed by atoms with Gasteiger partial charge in [-0.2, -0.15) is 0 Å². The summed E-state index contributed by atoms with van der Waals surface area (Å²) in [6.45, 7) is 7.92. The van der Waals surface area contributed by atoms with Crippen LogP contribution in [0.2, 0.25) is 10.0 Å². The number of carbonyl (C=O) groups is 2. The fourth-order valence-corrected chi connectivity index (χ4v) is 2.90. The lowest BCUT2D eigenvalue weighted by atomic mass is 10.2. The predicted octanol–water partition coefficient (Wildman–Crippen LogP) is 4.86. The minimum absolute atomic E-state index is 0.0849. The standard InChI is InChI=1S/C8H6Cl2O3.C7H15NOS/c1-13-7-5(10)3-2-4(9)6(7)8(11)12;1-5(2)8(6(3)4)7(9)10/h2-3H,1H3,(H,11,12);5-6H,1-4H3,(H,9,10). The van der Waals surface area contributed by atoms with E-state index in [-0.39, 0.29) is 38.7 Å². The van der Waals surface area contributed by atoms with Crippen molar-refractivity contribution >= 4 is 47.0 Å². The number of rotatable bonds is 4. The van der Waals surface area contributed by atoms with Gasteiger partial charge in [-0.05, 0) is 39.8 Å². The van der Waals surface area contributed by atoms with Gasteiger partial charge in [-0.1, -0.05) is 35.8 Å². The van der Waals surface area contributed by atoms with Gasteiger partial charge in [-0.15, -0.1) is 0 Å². The van der Waals surface area contributed by atoms with Gasteiger partial charge in [0.2, 0.25) is 0 Å². The van der Waals surface area contributed by atoms with Crippen molar-refractivity contribution in [3.63, 3.8) is 0 Å². The van der Waals surface area contributed by atoms with Crippen LogP contribution in [0.3, 0.4) is 0 Å². The van der Waals surface area contributed by atoms with E-state index in [1.54, 1.807) is 4.90 Å². The minimum Gasteiger partial charge on any atom is -0.494 e. The molecule has 0 radical (unpaired) electrons. The molecular formula is C15H21Cl2NO4S. The molecule has 1 aromatic carbocycles. The fraction of sp³-hybridized carbons (Fsp3) is 0.467. The van der Waals surface area contributed by atoms with Gasteiger partial charge in [0.1, 0.15) is 5.56 Å². The molecule has 23 heavy (non-hydrogen) atoms. The van der Waals surface area contributed by atoms with Crippen LogP contribution in [0, 0.1) is 0 Å². The Balaban J connectivity index is 0.000000438. The number of amides is 1. The monoisotopic (exact) mass is 381 g/mol. The minimum atomic E-state index is -1.16. The Morgan fingerprint density at radius 1 is 1.13 bits per heavy atom. The second-order valence-corrected chi connectivity index (χ2v) is 6.32. The number of carboxylic acids is 1. The van der Waals surface area contributed by atoms with Crippen LogP contribution >= 0.6 is 35.8 Å². The van der Waals surface area contributed by atoms with E-state index in [1.165, 1.54) is 19.2 Å². The fourth-order valence-electron chi connectivity index (χ4n) is 1.97. The van der Waals surface area contributed by atoms with E-state index >= 15 is 0 Å². The van der Waals surface area contributed by atoms with Crippen molar-refractivity contribution in [2.45, 2.75) is 39.8 Å². The lowest BCUT2D eigenvalue weighted by molar-refractivity contribution is 0.0693. The zero-order valence-electron chi connectivity index (χ0n) is 13.6. The van der Waals surface area contributed by atoms with Crippen molar-refractivity contribution in [2.75, 3.05) is 7.11 Å². The van der Waals surface area contributed by atoms with Crippen LogP contribution in [0.15, 0.2) is 12.1 Å². The molecule has 1 N–H and O–H groups in total. The molecule has 1 aromatic rings. The van der Waals surface area contributed by atoms with Crippen LogP contribution in [0.5, 0.6) is 5.75 Å². The first-order valence-electron chi connectivity index (χ1n) is 6.81. The average Bonchev–Trinajstić information content (AvgIpc) is 2.39. The molecule has 0 saturated carbocycles. The molecular weight excluding hydrogens is 361 g/mol. The predicted molar refractivity (Wildman–Crippen MR) is 96.5 cm³/mol. The third kappa shape index (κ3) is 6.49. The van der Waals surface area contributed by atoms with Gasteiger partial charge in [0, 0.05) is 12.1 Å². The third-order valence-electron chi connectivity index (χ3n) is 2.81. The molecule has 0 fully saturated rings. The maximum atomic E-state index is 10.8. The zero-order valence-corrected chi connectivity index (χ0v) is 16.0. The highest BCUT2D eigenvalue weighted by molar-refractivity contribution is 7.96. The third-order valence-corrected chi connectivity index (χ3v) is 3.65. The summed E-state index contributed by atoms with van der Waals surface area (Å²) in [6.07, 6.45) is 0. The summed E-state index contributed by atoms with van der Waals surface area (Å²) < 4.78 is 4.82. The number of nitrogens with zero attached hydrogens (tertiary/aromatic N) is 1. The highest BCUT2D eigenvalue weighted by Crippen LogP contribution is 2.33. The molecule has 130 valence electrons. The normalized spacial score (nSPS) is 10.2. The smallest absolute Gasteiger partial charge is 0.341 e. The first-order valence-corrected chi connectivity index (χ1v) is 8.01. The van der Waals surface area contributed by atoms with Crippen LogP contribution in [0.4, 0.5) is 4.79 Å². The second-order valence-electron chi connectivity index (χ2n) is 5.12. The molecule has 0 aliphatic carbocycles. The Bertz CT molecular complexity index is 557. The lowest BCUT2D eigenvalue weighted by Crippen LogP contribution is -2.38. The molecule has 0 atom stereocenters. The SMILES string of the molecule is CC(C)N(C(=O)S)C(C)C.COc1c(Cl)ccc(Cl)c1C(=O)O. The molecule has 0 aromatic heterocycles. The first-order chi connectivity index (χ1) is 10.5. The van der Waals surface area contributed by atoms with E-state index in [0.29, 0.717) is 0 Å². The van der Waals surface area contributed by atoms with Crippen molar-refractivity contribution in [1.29, 1.82) is 0 Å². The Kier molecular flexibility index (Phi) is 9.42. The Labute approximate surface area is 151 Å². The number of carboxylic acid groups (broad SMARTS) is 1. The van der Waals surface area contributed by atoms with Crippen LogP contribution < -0.4 is 4.74 Å². The lowest BCUT2D eigenvalue weighted by Gasteiger charge is -2.28. The van der Waals surface area contributed by atoms with Gasteiger partial charge >= 0.3 is 5.97 Å². The average molecular weight is 382 g/mol. The molecule has 5 nitrogen and oxygen atoms in total. The van der Waals surface area contributed by atoms with Crippen LogP contribution in [0.25, 0.3) is 0 Å². The molecule has 0 heterocycles. The van der Waals surface area contributed by atoms with Crippen LogP contribution in [-0.4, -0.2) is 40.4 Å². The summed E-state index contributed by atoms with van der Waals surface area (Å²) in [6, 6.07) is 3.38. The van der Waals surface area contributed by atoms with E-state index in [0.717, 1.165) is 0 Å². The molecule has 0 saturated heterocycles. The van der Waals surface area contributed by atoms with E-state index in [4.69, 9.17) is 33.0 Å². The van der Waals surface area contributed by atoms with Gasteiger partial charge in [0.25, 0.3) is 5.24 Å². The van der Waals surface area contributed by atoms with E-state index in [2.05, 4.69) is 12.6 Å². The van der Waals surface area contributed by atoms with Gasteiger partial charge in [0.15, 0.2) is 5.75 Å². The summed E-state index contributed by atoms with van der Waals surface area (Å²) in [5, 5.41) is 8.96. The zero-order chi connectivity index (χ0) is 18.3. The molecule has 0 spiro atoms. The molecule has 8 heteroatoms. The molecule has 0 aliphatic rings. The van der Waals surface area contributed by atoms with Crippen LogP contribution in [-0.2, 0) is 0 Å². The number of benzene rings is 1. The van der Waals surface area contributed by atoms with Gasteiger partial charge in [0.05, 0.1) is 17.2 Å². The largest absolute Gasteiger partial charge is 0.494 e. The van der Waals surface area contributed by atoms with Crippen molar-refractivity contribution in [1.82, 2.24) is 4.90 Å². The summed E-state index contributed by atoms with van der Waals surface area (Å²) in [5.41, 5.74) is -0.114. The number of thiol groups is 1. The topological polar surface area (TPSA) is 66.8 Å². The molecule has 0 bridgehead atoms. The van der Waals surface area contributed by atoms with E-state index < -0.39 is 5.97 Å². The summed E-state index contributed by atoms with van der Waals surface area (Å²) in [5.74, 6) is -1.08. The second kappa shape index (κ2) is 9.90. The molecule has 0 unspecified atom stereocenters. The van der Waals surface area contributed by atoms with Gasteiger partial charge < -0.3 is 14.7 Å². The van der Waals surface area contributed by atoms with Gasteiger partial charge in [-0.25, -0.2) is 4.79 Å². The molecule has 1 amide bonds. The van der Waals surface area contributed by atoms with Crippen molar-refractivity contribution in [3.05, 3.63) is 27.7 Å². The Hall–Kier alpha value is -1.11. The Morgan fingerprint density at radius 2 is 1.57 bits per heavy atom. The number of halogens is 2. The van der Waals surface area contributed by atoms with Crippen LogP contribution in [0.1, 0.15) is 38.1 Å².